The molecule has 0 radical (unpaired) electrons. The third-order valence-electron chi connectivity index (χ3n) is 3.68. The summed E-state index contributed by atoms with van der Waals surface area (Å²) in [7, 11) is 0. The Morgan fingerprint density at radius 2 is 1.73 bits per heavy atom. The van der Waals surface area contributed by atoms with E-state index in [0.717, 1.165) is 14.5 Å². The van der Waals surface area contributed by atoms with Crippen molar-refractivity contribution in [1.29, 1.82) is 0 Å². The number of aromatic nitrogens is 1. The monoisotopic (exact) mass is 462 g/mol. The average Bonchev–Trinajstić information content (AvgIpc) is 3.00. The summed E-state index contributed by atoms with van der Waals surface area (Å²) in [5.41, 5.74) is 1.50. The number of hydrogen-bond acceptors (Lipinski definition) is 3. The van der Waals surface area contributed by atoms with Gasteiger partial charge >= 0.3 is 6.09 Å². The van der Waals surface area contributed by atoms with E-state index in [9.17, 15) is 9.59 Å². The number of ether oxygens (including phenoxy) is 1. The van der Waals surface area contributed by atoms with E-state index in [1.807, 2.05) is 51.1 Å². The molecule has 1 N–H and O–H groups in total. The molecule has 26 heavy (non-hydrogen) atoms. The lowest BCUT2D eigenvalue weighted by Crippen LogP contribution is -2.27. The molecule has 0 saturated carbocycles. The molecule has 0 bridgehead atoms. The first-order valence-electron chi connectivity index (χ1n) is 8.15. The van der Waals surface area contributed by atoms with Crippen molar-refractivity contribution in [1.82, 2.24) is 4.57 Å². The first-order chi connectivity index (χ1) is 12.3. The van der Waals surface area contributed by atoms with Crippen molar-refractivity contribution >= 4 is 51.2 Å². The maximum Gasteiger partial charge on any atom is 0.412 e. The van der Waals surface area contributed by atoms with Gasteiger partial charge in [0, 0.05) is 20.7 Å². The number of carbonyl (C=O) groups is 2. The van der Waals surface area contributed by atoms with Gasteiger partial charge in [-0.15, -0.1) is 0 Å². The van der Waals surface area contributed by atoms with Gasteiger partial charge in [0.25, 0.3) is 5.91 Å². The highest BCUT2D eigenvalue weighted by molar-refractivity contribution is 14.1. The molecule has 0 aliphatic heterocycles. The number of nitrogens with one attached hydrogen (secondary N) is 1. The van der Waals surface area contributed by atoms with Crippen molar-refractivity contribution in [2.24, 2.45) is 0 Å². The smallest absolute Gasteiger partial charge is 0.412 e. The largest absolute Gasteiger partial charge is 0.444 e. The molecule has 1 aromatic heterocycles. The highest BCUT2D eigenvalue weighted by Gasteiger charge is 2.19. The average molecular weight is 462 g/mol. The number of rotatable bonds is 2. The number of hydrogen-bond donors (Lipinski definition) is 1. The van der Waals surface area contributed by atoms with Crippen molar-refractivity contribution in [3.05, 3.63) is 63.9 Å². The van der Waals surface area contributed by atoms with E-state index >= 15 is 0 Å². The minimum absolute atomic E-state index is 0.0933. The van der Waals surface area contributed by atoms with E-state index in [1.54, 1.807) is 29.0 Å². The van der Waals surface area contributed by atoms with Crippen molar-refractivity contribution in [2.45, 2.75) is 26.4 Å². The lowest BCUT2D eigenvalue weighted by atomic mass is 10.2. The summed E-state index contributed by atoms with van der Waals surface area (Å²) in [4.78, 5) is 24.7. The quantitative estimate of drug-likeness (QED) is 0.528. The molecule has 0 saturated heterocycles. The Balaban J connectivity index is 1.92. The van der Waals surface area contributed by atoms with E-state index in [4.69, 9.17) is 4.74 Å². The normalized spacial score (nSPS) is 11.4. The van der Waals surface area contributed by atoms with Gasteiger partial charge < -0.3 is 4.74 Å². The van der Waals surface area contributed by atoms with Gasteiger partial charge in [-0.3, -0.25) is 14.7 Å². The molecule has 3 aromatic rings. The van der Waals surface area contributed by atoms with Gasteiger partial charge in [0.05, 0.1) is 11.2 Å². The molecule has 0 unspecified atom stereocenters. The van der Waals surface area contributed by atoms with Crippen LogP contribution in [-0.4, -0.2) is 22.2 Å². The van der Waals surface area contributed by atoms with Crippen LogP contribution in [0.5, 0.6) is 0 Å². The predicted octanol–water partition coefficient (Wildman–Crippen LogP) is 5.28. The molecule has 1 amide bonds. The highest BCUT2D eigenvalue weighted by Crippen LogP contribution is 2.29. The number of benzene rings is 2. The zero-order valence-corrected chi connectivity index (χ0v) is 16.9. The number of fused-ring (bicyclic) bond motifs is 1. The van der Waals surface area contributed by atoms with Crippen LogP contribution in [0.25, 0.3) is 10.9 Å². The first-order valence-corrected chi connectivity index (χ1v) is 9.23. The molecule has 0 atom stereocenters. The molecule has 134 valence electrons. The Labute approximate surface area is 165 Å². The molecule has 1 heterocycles. The summed E-state index contributed by atoms with van der Waals surface area (Å²) in [6.45, 7) is 5.45. The fourth-order valence-corrected chi connectivity index (χ4v) is 3.36. The molecular weight excluding hydrogens is 443 g/mol. The second-order valence-electron chi connectivity index (χ2n) is 6.84. The third kappa shape index (κ3) is 3.90. The molecule has 5 nitrogen and oxygen atoms in total. The van der Waals surface area contributed by atoms with E-state index in [1.165, 1.54) is 0 Å². The minimum Gasteiger partial charge on any atom is -0.444 e. The number of amides is 1. The summed E-state index contributed by atoms with van der Waals surface area (Å²) in [6, 6.07) is 14.6. The van der Waals surface area contributed by atoms with Crippen LogP contribution in [0.1, 0.15) is 31.1 Å². The fourth-order valence-electron chi connectivity index (χ4n) is 2.59. The van der Waals surface area contributed by atoms with Crippen LogP contribution in [-0.2, 0) is 4.74 Å². The van der Waals surface area contributed by atoms with Crippen LogP contribution < -0.4 is 5.32 Å². The molecule has 0 fully saturated rings. The van der Waals surface area contributed by atoms with Crippen molar-refractivity contribution < 1.29 is 14.3 Å². The van der Waals surface area contributed by atoms with E-state index in [0.29, 0.717) is 11.3 Å². The van der Waals surface area contributed by atoms with Crippen LogP contribution >= 0.6 is 22.6 Å². The number of carbonyl (C=O) groups excluding carboxylic acids is 2. The SMILES string of the molecule is CC(C)(C)OC(=O)Nc1ccc2c(ccn2C(=O)c2ccccc2)c1I. The van der Waals surface area contributed by atoms with Gasteiger partial charge in [0.15, 0.2) is 0 Å². The van der Waals surface area contributed by atoms with Crippen LogP contribution in [0, 0.1) is 3.57 Å². The van der Waals surface area contributed by atoms with Gasteiger partial charge in [-0.2, -0.15) is 0 Å². The highest BCUT2D eigenvalue weighted by atomic mass is 127. The Bertz CT molecular complexity index is 972. The van der Waals surface area contributed by atoms with Crippen LogP contribution in [0.15, 0.2) is 54.7 Å². The van der Waals surface area contributed by atoms with Crippen molar-refractivity contribution in [3.8, 4) is 0 Å². The topological polar surface area (TPSA) is 60.3 Å². The second kappa shape index (κ2) is 7.11. The number of nitrogens with zero attached hydrogens (tertiary/aromatic N) is 1. The van der Waals surface area contributed by atoms with Crippen LogP contribution in [0.3, 0.4) is 0 Å². The molecule has 6 heteroatoms. The summed E-state index contributed by atoms with van der Waals surface area (Å²) in [5.74, 6) is -0.0933. The van der Waals surface area contributed by atoms with Gasteiger partial charge in [-0.25, -0.2) is 4.79 Å². The Morgan fingerprint density at radius 3 is 2.38 bits per heavy atom. The van der Waals surface area contributed by atoms with Crippen LogP contribution in [0.2, 0.25) is 0 Å². The second-order valence-corrected chi connectivity index (χ2v) is 7.92. The summed E-state index contributed by atoms with van der Waals surface area (Å²) in [6.07, 6.45) is 1.24. The molecule has 0 aliphatic rings. The van der Waals surface area contributed by atoms with E-state index in [2.05, 4.69) is 27.9 Å². The molecule has 2 aromatic carbocycles. The van der Waals surface area contributed by atoms with Gasteiger partial charge in [0.2, 0.25) is 0 Å². The lowest BCUT2D eigenvalue weighted by Gasteiger charge is -2.20. The Morgan fingerprint density at radius 1 is 1.04 bits per heavy atom. The van der Waals surface area contributed by atoms with Gasteiger partial charge in [0.1, 0.15) is 5.60 Å². The Kier molecular flexibility index (Phi) is 5.04. The zero-order valence-electron chi connectivity index (χ0n) is 14.7. The van der Waals surface area contributed by atoms with Crippen LogP contribution in [0.4, 0.5) is 10.5 Å². The lowest BCUT2D eigenvalue weighted by molar-refractivity contribution is 0.0635. The van der Waals surface area contributed by atoms with E-state index in [-0.39, 0.29) is 5.91 Å². The van der Waals surface area contributed by atoms with Gasteiger partial charge in [-0.05, 0) is 73.7 Å². The standard InChI is InChI=1S/C20H19IN2O3/c1-20(2,3)26-19(25)22-15-9-10-16-14(17(15)21)11-12-23(16)18(24)13-7-5-4-6-8-13/h4-12H,1-3H3,(H,22,25). The summed E-state index contributed by atoms with van der Waals surface area (Å²) >= 11 is 2.17. The third-order valence-corrected chi connectivity index (χ3v) is 4.84. The van der Waals surface area contributed by atoms with Crippen molar-refractivity contribution in [2.75, 3.05) is 5.32 Å². The predicted molar refractivity (Wildman–Crippen MR) is 111 cm³/mol. The number of anilines is 1. The minimum atomic E-state index is -0.564. The summed E-state index contributed by atoms with van der Waals surface area (Å²) < 4.78 is 7.76. The maximum absolute atomic E-state index is 12.7. The Hall–Kier alpha value is -2.35. The summed E-state index contributed by atoms with van der Waals surface area (Å²) in [5, 5.41) is 3.66. The maximum atomic E-state index is 12.7. The molecule has 3 rings (SSSR count). The molecule has 0 aliphatic carbocycles. The molecular formula is C20H19IN2O3. The first kappa shape index (κ1) is 18.4. The van der Waals surface area contributed by atoms with E-state index < -0.39 is 11.7 Å². The van der Waals surface area contributed by atoms with Gasteiger partial charge in [-0.1, -0.05) is 18.2 Å². The zero-order chi connectivity index (χ0) is 18.9. The number of halogens is 1. The van der Waals surface area contributed by atoms with Crippen molar-refractivity contribution in [3.63, 3.8) is 0 Å². The molecule has 0 spiro atoms. The fraction of sp³-hybridized carbons (Fsp3) is 0.200.